The van der Waals surface area contributed by atoms with Gasteiger partial charge in [-0.15, -0.1) is 0 Å². The van der Waals surface area contributed by atoms with Gasteiger partial charge >= 0.3 is 0 Å². The van der Waals surface area contributed by atoms with Crippen LogP contribution in [0, 0.1) is 13.8 Å². The molecule has 0 amide bonds. The lowest BCUT2D eigenvalue weighted by molar-refractivity contribution is -0.129. The summed E-state index contributed by atoms with van der Waals surface area (Å²) in [5.74, 6) is 0. The fourth-order valence-corrected chi connectivity index (χ4v) is 1.11. The zero-order valence-corrected chi connectivity index (χ0v) is 7.70. The third-order valence-electron chi connectivity index (χ3n) is 1.81. The maximum absolute atomic E-state index is 9.94. The van der Waals surface area contributed by atoms with Gasteiger partial charge in [0.1, 0.15) is 6.61 Å². The third-order valence-corrected chi connectivity index (χ3v) is 1.81. The minimum absolute atomic E-state index is 0.200. The van der Waals surface area contributed by atoms with E-state index in [1.165, 1.54) is 0 Å². The molecule has 0 saturated carbocycles. The van der Waals surface area contributed by atoms with E-state index in [-0.39, 0.29) is 6.61 Å². The molecule has 1 heterocycles. The lowest BCUT2D eigenvalue weighted by Crippen LogP contribution is -2.01. The van der Waals surface area contributed by atoms with Gasteiger partial charge in [-0.25, -0.2) is 0 Å². The van der Waals surface area contributed by atoms with Gasteiger partial charge in [0.25, 0.3) is 6.47 Å². The number of hydrogen-bond donors (Lipinski definition) is 1. The Morgan fingerprint density at radius 1 is 1.62 bits per heavy atom. The molecule has 0 saturated heterocycles. The fraction of sp³-hybridized carbons (Fsp3) is 0.333. The molecule has 0 aromatic carbocycles. The quantitative estimate of drug-likeness (QED) is 0.703. The van der Waals surface area contributed by atoms with Crippen LogP contribution in [0.2, 0.25) is 0 Å². The van der Waals surface area contributed by atoms with Crippen LogP contribution in [0.4, 0.5) is 5.69 Å². The number of pyridine rings is 1. The van der Waals surface area contributed by atoms with Gasteiger partial charge in [0.05, 0.1) is 17.1 Å². The summed E-state index contributed by atoms with van der Waals surface area (Å²) in [6, 6.07) is 1.81. The van der Waals surface area contributed by atoms with Gasteiger partial charge in [-0.2, -0.15) is 0 Å². The maximum atomic E-state index is 9.94. The second kappa shape index (κ2) is 3.89. The molecule has 0 aliphatic rings. The molecule has 2 N–H and O–H groups in total. The van der Waals surface area contributed by atoms with Gasteiger partial charge in [-0.05, 0) is 25.5 Å². The normalized spacial score (nSPS) is 9.69. The number of nitrogen functional groups attached to an aromatic ring is 1. The summed E-state index contributed by atoms with van der Waals surface area (Å²) in [5, 5.41) is 0. The summed E-state index contributed by atoms with van der Waals surface area (Å²) in [4.78, 5) is 14.1. The van der Waals surface area contributed by atoms with Crippen LogP contribution in [-0.4, -0.2) is 11.5 Å². The van der Waals surface area contributed by atoms with E-state index in [4.69, 9.17) is 5.73 Å². The van der Waals surface area contributed by atoms with Crippen LogP contribution in [0.1, 0.15) is 17.0 Å². The van der Waals surface area contributed by atoms with Crippen LogP contribution in [0.5, 0.6) is 0 Å². The average Bonchev–Trinajstić information content (AvgIpc) is 2.10. The number of carbonyl (C=O) groups is 1. The Hall–Kier alpha value is -1.58. The first-order valence-corrected chi connectivity index (χ1v) is 3.93. The zero-order valence-electron chi connectivity index (χ0n) is 7.70. The highest BCUT2D eigenvalue weighted by atomic mass is 16.5. The van der Waals surface area contributed by atoms with Crippen molar-refractivity contribution in [3.8, 4) is 0 Å². The highest BCUT2D eigenvalue weighted by Crippen LogP contribution is 2.15. The topological polar surface area (TPSA) is 65.2 Å². The first kappa shape index (κ1) is 9.51. The molecule has 70 valence electrons. The maximum Gasteiger partial charge on any atom is 0.293 e. The van der Waals surface area contributed by atoms with Gasteiger partial charge in [-0.1, -0.05) is 0 Å². The van der Waals surface area contributed by atoms with E-state index in [9.17, 15) is 4.79 Å². The van der Waals surface area contributed by atoms with E-state index >= 15 is 0 Å². The number of aromatic nitrogens is 1. The highest BCUT2D eigenvalue weighted by molar-refractivity contribution is 5.50. The number of nitrogens with zero attached hydrogens (tertiary/aromatic N) is 1. The zero-order chi connectivity index (χ0) is 9.84. The molecule has 4 nitrogen and oxygen atoms in total. The molecule has 4 heteroatoms. The standard InChI is InChI=1S/C9H12N2O2/c1-6-3-8(4-13-5-12)11-7(2)9(6)10/h3,5H,4,10H2,1-2H3. The fourth-order valence-electron chi connectivity index (χ4n) is 1.11. The van der Waals surface area contributed by atoms with Crippen molar-refractivity contribution < 1.29 is 9.53 Å². The molecule has 13 heavy (non-hydrogen) atoms. The Morgan fingerprint density at radius 2 is 2.31 bits per heavy atom. The second-order valence-electron chi connectivity index (χ2n) is 2.84. The lowest BCUT2D eigenvalue weighted by Gasteiger charge is -2.06. The molecular weight excluding hydrogens is 168 g/mol. The van der Waals surface area contributed by atoms with E-state index in [1.807, 2.05) is 19.9 Å². The number of carbonyl (C=O) groups excluding carboxylic acids is 1. The first-order valence-electron chi connectivity index (χ1n) is 3.93. The van der Waals surface area contributed by atoms with E-state index in [0.717, 1.165) is 17.0 Å². The summed E-state index contributed by atoms with van der Waals surface area (Å²) in [6.45, 7) is 4.33. The van der Waals surface area contributed by atoms with Crippen molar-refractivity contribution >= 4 is 12.2 Å². The summed E-state index contributed by atoms with van der Waals surface area (Å²) < 4.78 is 4.59. The molecule has 0 fully saturated rings. The third kappa shape index (κ3) is 2.18. The molecule has 1 aromatic rings. The number of anilines is 1. The van der Waals surface area contributed by atoms with E-state index in [1.54, 1.807) is 0 Å². The molecule has 1 aromatic heterocycles. The molecule has 0 bridgehead atoms. The largest absolute Gasteiger partial charge is 0.461 e. The summed E-state index contributed by atoms with van der Waals surface area (Å²) in [5.41, 5.74) is 8.84. The molecular formula is C9H12N2O2. The van der Waals surface area contributed by atoms with Gasteiger partial charge in [-0.3, -0.25) is 9.78 Å². The van der Waals surface area contributed by atoms with Gasteiger partial charge in [0.2, 0.25) is 0 Å². The van der Waals surface area contributed by atoms with E-state index in [0.29, 0.717) is 12.2 Å². The molecule has 0 aliphatic heterocycles. The van der Waals surface area contributed by atoms with Crippen LogP contribution < -0.4 is 5.73 Å². The number of aryl methyl sites for hydroxylation is 2. The Morgan fingerprint density at radius 3 is 2.85 bits per heavy atom. The van der Waals surface area contributed by atoms with Crippen LogP contribution in [0.3, 0.4) is 0 Å². The Balaban J connectivity index is 2.92. The Kier molecular flexibility index (Phi) is 2.84. The predicted molar refractivity (Wildman–Crippen MR) is 49.0 cm³/mol. The van der Waals surface area contributed by atoms with Crippen molar-refractivity contribution in [2.24, 2.45) is 0 Å². The van der Waals surface area contributed by atoms with Crippen molar-refractivity contribution in [1.82, 2.24) is 4.98 Å². The summed E-state index contributed by atoms with van der Waals surface area (Å²) >= 11 is 0. The summed E-state index contributed by atoms with van der Waals surface area (Å²) in [7, 11) is 0. The van der Waals surface area contributed by atoms with Crippen LogP contribution in [-0.2, 0) is 16.1 Å². The SMILES string of the molecule is Cc1cc(COC=O)nc(C)c1N. The highest BCUT2D eigenvalue weighted by Gasteiger charge is 2.02. The molecule has 0 radical (unpaired) electrons. The minimum Gasteiger partial charge on any atom is -0.461 e. The van der Waals surface area contributed by atoms with Crippen LogP contribution >= 0.6 is 0 Å². The van der Waals surface area contributed by atoms with Gasteiger partial charge in [0, 0.05) is 0 Å². The van der Waals surface area contributed by atoms with Gasteiger partial charge in [0.15, 0.2) is 0 Å². The monoisotopic (exact) mass is 180 g/mol. The van der Waals surface area contributed by atoms with Crippen molar-refractivity contribution in [1.29, 1.82) is 0 Å². The Labute approximate surface area is 76.7 Å². The van der Waals surface area contributed by atoms with Crippen molar-refractivity contribution in [3.05, 3.63) is 23.0 Å². The average molecular weight is 180 g/mol. The smallest absolute Gasteiger partial charge is 0.293 e. The van der Waals surface area contributed by atoms with Gasteiger partial charge < -0.3 is 10.5 Å². The molecule has 0 atom stereocenters. The number of nitrogens with two attached hydrogens (primary N) is 1. The van der Waals surface area contributed by atoms with Crippen LogP contribution in [0.25, 0.3) is 0 Å². The van der Waals surface area contributed by atoms with E-state index < -0.39 is 0 Å². The lowest BCUT2D eigenvalue weighted by atomic mass is 10.2. The number of hydrogen-bond acceptors (Lipinski definition) is 4. The summed E-state index contributed by atoms with van der Waals surface area (Å²) in [6.07, 6.45) is 0. The van der Waals surface area contributed by atoms with Crippen molar-refractivity contribution in [2.45, 2.75) is 20.5 Å². The predicted octanol–water partition coefficient (Wildman–Crippen LogP) is 0.954. The Bertz CT molecular complexity index is 300. The second-order valence-corrected chi connectivity index (χ2v) is 2.84. The number of ether oxygens (including phenoxy) is 1. The molecule has 0 unspecified atom stereocenters. The van der Waals surface area contributed by atoms with Crippen molar-refractivity contribution in [2.75, 3.05) is 5.73 Å². The molecule has 1 rings (SSSR count). The molecule has 0 aliphatic carbocycles. The van der Waals surface area contributed by atoms with Crippen molar-refractivity contribution in [3.63, 3.8) is 0 Å². The number of rotatable bonds is 3. The van der Waals surface area contributed by atoms with E-state index in [2.05, 4.69) is 9.72 Å². The van der Waals surface area contributed by atoms with Crippen LogP contribution in [0.15, 0.2) is 6.07 Å². The minimum atomic E-state index is 0.200. The molecule has 0 spiro atoms. The first-order chi connectivity index (χ1) is 6.15.